The van der Waals surface area contributed by atoms with E-state index in [4.69, 9.17) is 4.74 Å². The molecule has 0 aromatic carbocycles. The molecular formula is C32H40O8. The van der Waals surface area contributed by atoms with E-state index in [1.165, 1.54) is 6.08 Å². The fourth-order valence-corrected chi connectivity index (χ4v) is 8.42. The van der Waals surface area contributed by atoms with Crippen LogP contribution in [0.5, 0.6) is 0 Å². The summed E-state index contributed by atoms with van der Waals surface area (Å²) in [6.45, 7) is 9.50. The van der Waals surface area contributed by atoms with Crippen LogP contribution in [0.4, 0.5) is 0 Å². The first kappa shape index (κ1) is 28.7. The number of rotatable bonds is 1. The SMILES string of the molecule is C/C1=C/C2C(O)C=C(C=O)CC23OC(=O)/C(=C(\O)C2(C)C(C=CC4C(O)C(C)CC(C)C42)/C(C)=C\CC1O)C3=O. The van der Waals surface area contributed by atoms with Crippen LogP contribution in [0.2, 0.25) is 0 Å². The smallest absolute Gasteiger partial charge is 0.346 e. The van der Waals surface area contributed by atoms with Crippen LogP contribution in [0.1, 0.15) is 53.9 Å². The molecule has 8 nitrogen and oxygen atoms in total. The average Bonchev–Trinajstić information content (AvgIpc) is 3.14. The summed E-state index contributed by atoms with van der Waals surface area (Å²) < 4.78 is 5.81. The molecule has 1 aliphatic heterocycles. The summed E-state index contributed by atoms with van der Waals surface area (Å²) in [4.78, 5) is 39.7. The van der Waals surface area contributed by atoms with E-state index in [0.717, 1.165) is 5.57 Å². The molecule has 4 N–H and O–H groups in total. The molecule has 0 amide bonds. The number of aliphatic hydroxyl groups excluding tert-OH is 4. The number of carbonyl (C=O) groups is 3. The molecule has 1 spiro atoms. The van der Waals surface area contributed by atoms with Gasteiger partial charge < -0.3 is 25.2 Å². The topological polar surface area (TPSA) is 141 Å². The summed E-state index contributed by atoms with van der Waals surface area (Å²) in [6.07, 6.45) is 7.02. The highest BCUT2D eigenvalue weighted by molar-refractivity contribution is 6.26. The Morgan fingerprint density at radius 3 is 2.40 bits per heavy atom. The molecule has 40 heavy (non-hydrogen) atoms. The Kier molecular flexibility index (Phi) is 7.12. The summed E-state index contributed by atoms with van der Waals surface area (Å²) in [5.74, 6) is -4.22. The summed E-state index contributed by atoms with van der Waals surface area (Å²) in [6, 6.07) is 0. The van der Waals surface area contributed by atoms with E-state index in [-0.39, 0.29) is 47.8 Å². The maximum absolute atomic E-state index is 14.3. The van der Waals surface area contributed by atoms with E-state index in [1.54, 1.807) is 13.0 Å². The first-order chi connectivity index (χ1) is 18.8. The number of Topliss-reactive ketones (excluding diaryl/α,β-unsaturated/α-hetero) is 1. The molecule has 2 fully saturated rings. The van der Waals surface area contributed by atoms with Crippen molar-refractivity contribution in [3.8, 4) is 0 Å². The number of esters is 1. The quantitative estimate of drug-likeness (QED) is 0.168. The van der Waals surface area contributed by atoms with Crippen molar-refractivity contribution in [1.29, 1.82) is 0 Å². The normalized spacial score (nSPS) is 49.8. The van der Waals surface area contributed by atoms with Gasteiger partial charge in [-0.25, -0.2) is 4.79 Å². The molecule has 5 rings (SSSR count). The van der Waals surface area contributed by atoms with Crippen LogP contribution < -0.4 is 0 Å². The number of hydrogen-bond acceptors (Lipinski definition) is 8. The Bertz CT molecular complexity index is 1290. The van der Waals surface area contributed by atoms with Crippen LogP contribution in [0.25, 0.3) is 0 Å². The number of allylic oxidation sites excluding steroid dienone is 3. The van der Waals surface area contributed by atoms with Gasteiger partial charge >= 0.3 is 5.97 Å². The second-order valence-electron chi connectivity index (χ2n) is 12.9. The van der Waals surface area contributed by atoms with E-state index in [2.05, 4.69) is 6.92 Å². The summed E-state index contributed by atoms with van der Waals surface area (Å²) >= 11 is 0. The molecule has 0 aromatic heterocycles. The third-order valence-electron chi connectivity index (χ3n) is 10.5. The molecule has 2 bridgehead atoms. The van der Waals surface area contributed by atoms with E-state index in [1.807, 2.05) is 39.0 Å². The van der Waals surface area contributed by atoms with E-state index < -0.39 is 58.5 Å². The van der Waals surface area contributed by atoms with Crippen molar-refractivity contribution in [3.05, 3.63) is 58.4 Å². The highest BCUT2D eigenvalue weighted by Gasteiger charge is 2.64. The zero-order valence-corrected chi connectivity index (χ0v) is 23.7. The third kappa shape index (κ3) is 4.02. The van der Waals surface area contributed by atoms with E-state index in [9.17, 15) is 34.8 Å². The van der Waals surface area contributed by atoms with Crippen LogP contribution in [-0.4, -0.2) is 62.4 Å². The fraction of sp³-hybridized carbons (Fsp3) is 0.594. The van der Waals surface area contributed by atoms with Gasteiger partial charge in [-0.05, 0) is 61.7 Å². The lowest BCUT2D eigenvalue weighted by atomic mass is 9.49. The lowest BCUT2D eigenvalue weighted by Crippen LogP contribution is -2.54. The molecule has 1 saturated heterocycles. The zero-order chi connectivity index (χ0) is 29.3. The zero-order valence-electron chi connectivity index (χ0n) is 23.7. The number of aldehydes is 1. The molecule has 0 aromatic rings. The lowest BCUT2D eigenvalue weighted by Gasteiger charge is -2.55. The molecule has 1 heterocycles. The van der Waals surface area contributed by atoms with Gasteiger partial charge in [-0.3, -0.25) is 9.59 Å². The van der Waals surface area contributed by atoms with Gasteiger partial charge in [-0.15, -0.1) is 0 Å². The fourth-order valence-electron chi connectivity index (χ4n) is 8.42. The molecule has 11 atom stereocenters. The number of aliphatic hydroxyl groups is 4. The first-order valence-electron chi connectivity index (χ1n) is 14.2. The minimum Gasteiger partial charge on any atom is -0.511 e. The second kappa shape index (κ2) is 9.93. The van der Waals surface area contributed by atoms with Gasteiger partial charge in [0.25, 0.3) is 0 Å². The van der Waals surface area contributed by atoms with Gasteiger partial charge in [-0.1, -0.05) is 50.6 Å². The number of ether oxygens (including phenoxy) is 1. The number of hydrogen-bond donors (Lipinski definition) is 4. The van der Waals surface area contributed by atoms with E-state index >= 15 is 0 Å². The van der Waals surface area contributed by atoms with Gasteiger partial charge in [0.05, 0.1) is 24.2 Å². The van der Waals surface area contributed by atoms with Crippen molar-refractivity contribution in [2.45, 2.75) is 77.8 Å². The maximum Gasteiger partial charge on any atom is 0.346 e. The second-order valence-corrected chi connectivity index (χ2v) is 12.9. The number of carbonyl (C=O) groups excluding carboxylic acids is 3. The average molecular weight is 553 g/mol. The van der Waals surface area contributed by atoms with Gasteiger partial charge in [0.2, 0.25) is 5.78 Å². The van der Waals surface area contributed by atoms with Crippen LogP contribution in [-0.2, 0) is 19.1 Å². The minimum atomic E-state index is -1.94. The third-order valence-corrected chi connectivity index (χ3v) is 10.5. The lowest BCUT2D eigenvalue weighted by molar-refractivity contribution is -0.159. The van der Waals surface area contributed by atoms with Crippen molar-refractivity contribution < 1.29 is 39.5 Å². The Hall–Kier alpha value is -2.81. The van der Waals surface area contributed by atoms with Crippen molar-refractivity contribution in [3.63, 3.8) is 0 Å². The molecule has 4 aliphatic carbocycles. The molecule has 216 valence electrons. The largest absolute Gasteiger partial charge is 0.511 e. The molecule has 0 radical (unpaired) electrons. The van der Waals surface area contributed by atoms with Crippen molar-refractivity contribution in [2.75, 3.05) is 0 Å². The number of ketones is 1. The van der Waals surface area contributed by atoms with Crippen molar-refractivity contribution in [2.24, 2.45) is 40.9 Å². The molecule has 11 unspecified atom stereocenters. The predicted octanol–water partition coefficient (Wildman–Crippen LogP) is 3.29. The van der Waals surface area contributed by atoms with Crippen LogP contribution in [0.15, 0.2) is 58.4 Å². The monoisotopic (exact) mass is 552 g/mol. The van der Waals surface area contributed by atoms with E-state index in [0.29, 0.717) is 18.3 Å². The Balaban J connectivity index is 1.79. The highest BCUT2D eigenvalue weighted by Crippen LogP contribution is 2.60. The summed E-state index contributed by atoms with van der Waals surface area (Å²) in [5.41, 5.74) is -2.12. The van der Waals surface area contributed by atoms with Gasteiger partial charge in [0.15, 0.2) is 5.60 Å². The predicted molar refractivity (Wildman–Crippen MR) is 147 cm³/mol. The minimum absolute atomic E-state index is 0.0332. The van der Waals surface area contributed by atoms with Crippen molar-refractivity contribution >= 4 is 18.0 Å². The summed E-state index contributed by atoms with van der Waals surface area (Å²) in [7, 11) is 0. The van der Waals surface area contributed by atoms with Crippen LogP contribution in [0.3, 0.4) is 0 Å². The Labute approximate surface area is 234 Å². The highest BCUT2D eigenvalue weighted by atomic mass is 16.6. The van der Waals surface area contributed by atoms with Crippen molar-refractivity contribution in [1.82, 2.24) is 0 Å². The van der Waals surface area contributed by atoms with Gasteiger partial charge in [0.1, 0.15) is 17.6 Å². The number of fused-ring (bicyclic) bond motifs is 4. The van der Waals surface area contributed by atoms with Gasteiger partial charge in [0, 0.05) is 23.7 Å². The Morgan fingerprint density at radius 1 is 1.02 bits per heavy atom. The first-order valence-corrected chi connectivity index (χ1v) is 14.2. The Morgan fingerprint density at radius 2 is 1.73 bits per heavy atom. The molecular weight excluding hydrogens is 512 g/mol. The summed E-state index contributed by atoms with van der Waals surface area (Å²) in [5, 5.41) is 45.4. The van der Waals surface area contributed by atoms with Gasteiger partial charge in [-0.2, -0.15) is 0 Å². The molecule has 1 saturated carbocycles. The van der Waals surface area contributed by atoms with Crippen LogP contribution in [0, 0.1) is 40.9 Å². The molecule has 5 aliphatic rings. The van der Waals surface area contributed by atoms with Crippen LogP contribution >= 0.6 is 0 Å². The standard InChI is InChI=1S/C32H40O8/c1-15-6-9-23(34)16(2)11-22-24(35)12-19(14-33)13-32(22)29(38)25(30(39)40-32)28(37)31(5)21(15)8-7-20-26(31)17(3)10-18(4)27(20)36/h6-8,11-12,14,17-18,20-24,26-27,34-37H,9-10,13H2,1-5H3/b15-6-,16-11-,28-25-. The maximum atomic E-state index is 14.3. The molecule has 8 heteroatoms.